The smallest absolute Gasteiger partial charge is 0.243 e. The lowest BCUT2D eigenvalue weighted by molar-refractivity contribution is -0.122. The van der Waals surface area contributed by atoms with E-state index in [2.05, 4.69) is 5.32 Å². The number of carbonyl (C=O) groups is 1. The molecule has 1 amide bonds. The van der Waals surface area contributed by atoms with Gasteiger partial charge < -0.3 is 5.32 Å². The summed E-state index contributed by atoms with van der Waals surface area (Å²) in [7, 11) is -3.68. The first kappa shape index (κ1) is 18.2. The number of aryl methyl sites for hydroxylation is 1. The second kappa shape index (κ2) is 7.09. The molecule has 5 nitrogen and oxygen atoms in total. The van der Waals surface area contributed by atoms with Gasteiger partial charge in [-0.05, 0) is 49.4 Å². The molecule has 6 heteroatoms. The molecule has 1 N–H and O–H groups in total. The van der Waals surface area contributed by atoms with Crippen LogP contribution >= 0.6 is 0 Å². The molecule has 1 heterocycles. The maximum atomic E-state index is 13.3. The quantitative estimate of drug-likeness (QED) is 0.862. The lowest BCUT2D eigenvalue weighted by atomic mass is 9.92. The third-order valence-corrected chi connectivity index (χ3v) is 7.23. The van der Waals surface area contributed by atoms with Crippen LogP contribution in [0.4, 0.5) is 0 Å². The maximum Gasteiger partial charge on any atom is 0.243 e. The summed E-state index contributed by atoms with van der Waals surface area (Å²) in [4.78, 5) is 12.8. The highest BCUT2D eigenvalue weighted by Gasteiger charge is 2.38. The number of nitrogens with one attached hydrogen (secondary N) is 1. The van der Waals surface area contributed by atoms with E-state index in [4.69, 9.17) is 0 Å². The number of rotatable bonds is 5. The van der Waals surface area contributed by atoms with E-state index in [0.29, 0.717) is 13.0 Å². The fourth-order valence-corrected chi connectivity index (χ4v) is 5.27. The van der Waals surface area contributed by atoms with Crippen molar-refractivity contribution >= 4 is 15.9 Å². The predicted molar refractivity (Wildman–Crippen MR) is 104 cm³/mol. The van der Waals surface area contributed by atoms with Gasteiger partial charge in [0.2, 0.25) is 15.9 Å². The number of benzene rings is 2. The van der Waals surface area contributed by atoms with Gasteiger partial charge in [-0.3, -0.25) is 4.79 Å². The number of hydrogen-bond acceptors (Lipinski definition) is 3. The van der Waals surface area contributed by atoms with Crippen molar-refractivity contribution in [3.63, 3.8) is 0 Å². The second-order valence-electron chi connectivity index (χ2n) is 7.44. The van der Waals surface area contributed by atoms with Crippen LogP contribution in [0.25, 0.3) is 0 Å². The van der Waals surface area contributed by atoms with Crippen molar-refractivity contribution in [3.8, 4) is 0 Å². The Hall–Kier alpha value is -2.18. The van der Waals surface area contributed by atoms with Crippen LogP contribution in [0.1, 0.15) is 42.0 Å². The molecule has 0 saturated heterocycles. The van der Waals surface area contributed by atoms with Crippen molar-refractivity contribution in [2.45, 2.75) is 49.6 Å². The Bertz CT molecular complexity index is 950. The van der Waals surface area contributed by atoms with E-state index >= 15 is 0 Å². The van der Waals surface area contributed by atoms with E-state index in [1.165, 1.54) is 4.31 Å². The zero-order valence-electron chi connectivity index (χ0n) is 15.4. The molecule has 1 aliphatic heterocycles. The molecule has 0 bridgehead atoms. The van der Waals surface area contributed by atoms with Gasteiger partial charge >= 0.3 is 0 Å². The first-order valence-corrected chi connectivity index (χ1v) is 10.8. The second-order valence-corrected chi connectivity index (χ2v) is 9.33. The number of fused-ring (bicyclic) bond motifs is 1. The third kappa shape index (κ3) is 3.77. The fraction of sp³-hybridized carbons (Fsp3) is 0.381. The SMILES string of the molecule is Cc1ccc(S(=O)(=O)N2CCc3ccccc3[C@H]2CC(=O)NC2CC2)cc1. The van der Waals surface area contributed by atoms with Gasteiger partial charge in [0, 0.05) is 19.0 Å². The van der Waals surface area contributed by atoms with Crippen LogP contribution in [-0.4, -0.2) is 31.2 Å². The highest BCUT2D eigenvalue weighted by atomic mass is 32.2. The van der Waals surface area contributed by atoms with Crippen molar-refractivity contribution in [1.29, 1.82) is 0 Å². The summed E-state index contributed by atoms with van der Waals surface area (Å²) in [6, 6.07) is 14.5. The number of sulfonamides is 1. The minimum absolute atomic E-state index is 0.0803. The molecular weight excluding hydrogens is 360 g/mol. The van der Waals surface area contributed by atoms with Gasteiger partial charge in [-0.15, -0.1) is 0 Å². The lowest BCUT2D eigenvalue weighted by Gasteiger charge is -2.36. The van der Waals surface area contributed by atoms with Crippen molar-refractivity contribution < 1.29 is 13.2 Å². The molecule has 0 aromatic heterocycles. The number of nitrogens with zero attached hydrogens (tertiary/aromatic N) is 1. The Balaban J connectivity index is 1.68. The molecule has 1 aliphatic carbocycles. The monoisotopic (exact) mass is 384 g/mol. The van der Waals surface area contributed by atoms with Crippen LogP contribution < -0.4 is 5.32 Å². The summed E-state index contributed by atoms with van der Waals surface area (Å²) >= 11 is 0. The number of carbonyl (C=O) groups excluding carboxylic acids is 1. The van der Waals surface area contributed by atoms with Gasteiger partial charge in [-0.2, -0.15) is 4.31 Å². The van der Waals surface area contributed by atoms with Crippen molar-refractivity contribution in [3.05, 3.63) is 65.2 Å². The summed E-state index contributed by atoms with van der Waals surface area (Å²) in [6.07, 6.45) is 2.83. The molecule has 2 aromatic rings. The average Bonchev–Trinajstić information content (AvgIpc) is 3.46. The molecule has 0 spiro atoms. The largest absolute Gasteiger partial charge is 0.353 e. The van der Waals surface area contributed by atoms with Crippen molar-refractivity contribution in [2.24, 2.45) is 0 Å². The first-order valence-electron chi connectivity index (χ1n) is 9.41. The van der Waals surface area contributed by atoms with Crippen LogP contribution in [0.2, 0.25) is 0 Å². The molecule has 4 rings (SSSR count). The van der Waals surface area contributed by atoms with Gasteiger partial charge in [0.15, 0.2) is 0 Å². The van der Waals surface area contributed by atoms with Gasteiger partial charge in [0.05, 0.1) is 10.9 Å². The van der Waals surface area contributed by atoms with E-state index < -0.39 is 16.1 Å². The topological polar surface area (TPSA) is 66.5 Å². The molecule has 142 valence electrons. The number of hydrogen-bond donors (Lipinski definition) is 1. The third-order valence-electron chi connectivity index (χ3n) is 5.31. The molecule has 1 fully saturated rings. The van der Waals surface area contributed by atoms with E-state index in [1.807, 2.05) is 31.2 Å². The standard InChI is InChI=1S/C21H24N2O3S/c1-15-6-10-18(11-7-15)27(25,26)23-13-12-16-4-2-3-5-19(16)20(23)14-21(24)22-17-8-9-17/h2-7,10-11,17,20H,8-9,12-14H2,1H3,(H,22,24)/t20-/m1/s1. The Morgan fingerprint density at radius 3 is 2.52 bits per heavy atom. The van der Waals surface area contributed by atoms with Crippen molar-refractivity contribution in [2.75, 3.05) is 6.54 Å². The molecule has 1 atom stereocenters. The molecular formula is C21H24N2O3S. The minimum atomic E-state index is -3.68. The van der Waals surface area contributed by atoms with E-state index in [-0.39, 0.29) is 23.3 Å². The van der Waals surface area contributed by atoms with Crippen LogP contribution in [0.15, 0.2) is 53.4 Å². The van der Waals surface area contributed by atoms with Crippen molar-refractivity contribution in [1.82, 2.24) is 9.62 Å². The highest BCUT2D eigenvalue weighted by molar-refractivity contribution is 7.89. The fourth-order valence-electron chi connectivity index (χ4n) is 3.66. The van der Waals surface area contributed by atoms with Crippen LogP contribution in [0, 0.1) is 6.92 Å². The predicted octanol–water partition coefficient (Wildman–Crippen LogP) is 2.95. The van der Waals surface area contributed by atoms with Gasteiger partial charge in [0.1, 0.15) is 0 Å². The summed E-state index contributed by atoms with van der Waals surface area (Å²) in [6.45, 7) is 2.31. The maximum absolute atomic E-state index is 13.3. The van der Waals surface area contributed by atoms with Crippen LogP contribution in [-0.2, 0) is 21.2 Å². The highest BCUT2D eigenvalue weighted by Crippen LogP contribution is 2.36. The Morgan fingerprint density at radius 2 is 1.81 bits per heavy atom. The van der Waals surface area contributed by atoms with Gasteiger partial charge in [-0.25, -0.2) is 8.42 Å². The Morgan fingerprint density at radius 1 is 1.11 bits per heavy atom. The lowest BCUT2D eigenvalue weighted by Crippen LogP contribution is -2.42. The molecule has 1 saturated carbocycles. The van der Waals surface area contributed by atoms with E-state index in [0.717, 1.165) is 29.5 Å². The van der Waals surface area contributed by atoms with Crippen LogP contribution in [0.5, 0.6) is 0 Å². The zero-order valence-corrected chi connectivity index (χ0v) is 16.2. The summed E-state index contributed by atoms with van der Waals surface area (Å²) in [5, 5.41) is 2.99. The average molecular weight is 385 g/mol. The summed E-state index contributed by atoms with van der Waals surface area (Å²) < 4.78 is 28.2. The molecule has 2 aliphatic rings. The Labute approximate surface area is 160 Å². The van der Waals surface area contributed by atoms with Gasteiger partial charge in [-0.1, -0.05) is 42.0 Å². The molecule has 0 radical (unpaired) electrons. The van der Waals surface area contributed by atoms with Crippen LogP contribution in [0.3, 0.4) is 0 Å². The van der Waals surface area contributed by atoms with E-state index in [9.17, 15) is 13.2 Å². The normalized spacial score (nSPS) is 20.1. The first-order chi connectivity index (χ1) is 12.9. The van der Waals surface area contributed by atoms with Gasteiger partial charge in [0.25, 0.3) is 0 Å². The van der Waals surface area contributed by atoms with E-state index in [1.54, 1.807) is 24.3 Å². The Kier molecular flexibility index (Phi) is 4.78. The number of amides is 1. The molecule has 27 heavy (non-hydrogen) atoms. The zero-order chi connectivity index (χ0) is 19.0. The minimum Gasteiger partial charge on any atom is -0.353 e. The summed E-state index contributed by atoms with van der Waals surface area (Å²) in [5.41, 5.74) is 3.07. The molecule has 2 aromatic carbocycles. The molecule has 0 unspecified atom stereocenters. The summed E-state index contributed by atoms with van der Waals surface area (Å²) in [5.74, 6) is -0.0803.